The smallest absolute Gasteiger partial charge is 0.313 e. The molecule has 0 saturated carbocycles. The molecule has 0 aromatic carbocycles. The molecule has 1 aliphatic rings. The molecular formula is C10H17N2O2. The highest BCUT2D eigenvalue weighted by atomic mass is 16.2. The summed E-state index contributed by atoms with van der Waals surface area (Å²) in [6, 6.07) is 0. The lowest BCUT2D eigenvalue weighted by Gasteiger charge is -2.32. The number of hydrogen-bond acceptors (Lipinski definition) is 2. The third-order valence-electron chi connectivity index (χ3n) is 2.42. The van der Waals surface area contributed by atoms with Crippen molar-refractivity contribution in [2.24, 2.45) is 0 Å². The number of rotatable bonds is 4. The van der Waals surface area contributed by atoms with Gasteiger partial charge in [-0.3, -0.25) is 9.59 Å². The second-order valence-corrected chi connectivity index (χ2v) is 3.61. The van der Waals surface area contributed by atoms with Crippen LogP contribution in [0, 0.1) is 0 Å². The molecule has 1 rings (SSSR count). The van der Waals surface area contributed by atoms with Gasteiger partial charge in [-0.1, -0.05) is 6.92 Å². The van der Waals surface area contributed by atoms with Crippen molar-refractivity contribution < 1.29 is 9.59 Å². The predicted octanol–water partition coefficient (Wildman–Crippen LogP) is 0.782. The minimum atomic E-state index is -0.125. The van der Waals surface area contributed by atoms with Gasteiger partial charge < -0.3 is 10.2 Å². The van der Waals surface area contributed by atoms with E-state index in [1.165, 1.54) is 0 Å². The van der Waals surface area contributed by atoms with Crippen LogP contribution in [0.15, 0.2) is 0 Å². The molecule has 0 aromatic rings. The zero-order valence-corrected chi connectivity index (χ0v) is 8.58. The molecule has 0 spiro atoms. The Balaban J connectivity index is 2.39. The Morgan fingerprint density at radius 1 is 1.57 bits per heavy atom. The van der Waals surface area contributed by atoms with Crippen LogP contribution in [0.4, 0.5) is 0 Å². The lowest BCUT2D eigenvalue weighted by Crippen LogP contribution is -2.49. The summed E-state index contributed by atoms with van der Waals surface area (Å²) in [6.07, 6.45) is 6.04. The fraction of sp³-hybridized carbons (Fsp3) is 0.800. The zero-order chi connectivity index (χ0) is 10.4. The Hall–Kier alpha value is -1.06. The molecule has 0 aliphatic carbocycles. The first-order valence-electron chi connectivity index (χ1n) is 5.21. The van der Waals surface area contributed by atoms with E-state index in [0.29, 0.717) is 13.0 Å². The summed E-state index contributed by atoms with van der Waals surface area (Å²) >= 11 is 0. The number of carbonyl (C=O) groups excluding carboxylic acids is 2. The summed E-state index contributed by atoms with van der Waals surface area (Å²) in [7, 11) is 0. The van der Waals surface area contributed by atoms with Gasteiger partial charge in [-0.15, -0.1) is 0 Å². The molecule has 1 heterocycles. The van der Waals surface area contributed by atoms with Gasteiger partial charge in [0, 0.05) is 13.0 Å². The lowest BCUT2D eigenvalue weighted by atomic mass is 10.1. The van der Waals surface area contributed by atoms with E-state index < -0.39 is 0 Å². The minimum absolute atomic E-state index is 0.0275. The summed E-state index contributed by atoms with van der Waals surface area (Å²) in [5.74, 6) is 0.0275. The molecule has 1 radical (unpaired) electrons. The average Bonchev–Trinajstić information content (AvgIpc) is 2.19. The van der Waals surface area contributed by atoms with Gasteiger partial charge in [0.05, 0.1) is 0 Å². The van der Waals surface area contributed by atoms with Gasteiger partial charge in [-0.2, -0.15) is 0 Å². The van der Waals surface area contributed by atoms with Crippen LogP contribution in [0.2, 0.25) is 0 Å². The van der Waals surface area contributed by atoms with Crippen molar-refractivity contribution in [2.75, 3.05) is 6.54 Å². The van der Waals surface area contributed by atoms with Gasteiger partial charge in [-0.05, 0) is 25.7 Å². The Labute approximate surface area is 84.7 Å². The van der Waals surface area contributed by atoms with Crippen LogP contribution in [0.5, 0.6) is 0 Å². The van der Waals surface area contributed by atoms with E-state index in [1.54, 1.807) is 4.90 Å². The second kappa shape index (κ2) is 5.62. The molecule has 0 aromatic heterocycles. The highest BCUT2D eigenvalue weighted by Gasteiger charge is 2.22. The highest BCUT2D eigenvalue weighted by Crippen LogP contribution is 2.13. The Morgan fingerprint density at radius 3 is 3.00 bits per heavy atom. The van der Waals surface area contributed by atoms with E-state index in [-0.39, 0.29) is 12.1 Å². The number of piperidine rings is 1. The third kappa shape index (κ3) is 3.01. The molecular weight excluding hydrogens is 180 g/mol. The van der Waals surface area contributed by atoms with E-state index in [1.807, 2.05) is 13.3 Å². The number of likely N-dealkylation sites (tertiary alicyclic amines) is 1. The van der Waals surface area contributed by atoms with Gasteiger partial charge in [0.25, 0.3) is 0 Å². The van der Waals surface area contributed by atoms with Crippen molar-refractivity contribution in [3.8, 4) is 0 Å². The molecule has 1 atom stereocenters. The first-order valence-corrected chi connectivity index (χ1v) is 5.21. The van der Waals surface area contributed by atoms with Gasteiger partial charge in [0.2, 0.25) is 5.91 Å². The molecule has 2 amide bonds. The summed E-state index contributed by atoms with van der Waals surface area (Å²) in [6.45, 7) is 2.67. The number of nitrogens with zero attached hydrogens (tertiary/aromatic N) is 1. The molecule has 0 bridgehead atoms. The Morgan fingerprint density at radius 2 is 2.36 bits per heavy atom. The van der Waals surface area contributed by atoms with Crippen molar-refractivity contribution in [3.63, 3.8) is 0 Å². The van der Waals surface area contributed by atoms with E-state index >= 15 is 0 Å². The minimum Gasteiger partial charge on any atom is -0.336 e. The van der Waals surface area contributed by atoms with E-state index in [9.17, 15) is 9.59 Å². The number of amides is 2. The number of carbonyl (C=O) groups is 1. The monoisotopic (exact) mass is 197 g/mol. The Kier molecular flexibility index (Phi) is 4.43. The van der Waals surface area contributed by atoms with Gasteiger partial charge in [-0.25, -0.2) is 0 Å². The summed E-state index contributed by atoms with van der Waals surface area (Å²) < 4.78 is 0. The van der Waals surface area contributed by atoms with Crippen LogP contribution >= 0.6 is 0 Å². The van der Waals surface area contributed by atoms with Crippen LogP contribution in [-0.4, -0.2) is 29.9 Å². The quantitative estimate of drug-likeness (QED) is 0.724. The van der Waals surface area contributed by atoms with Gasteiger partial charge in [0.15, 0.2) is 0 Å². The summed E-state index contributed by atoms with van der Waals surface area (Å²) in [5, 5.41) is 2.85. The van der Waals surface area contributed by atoms with Crippen molar-refractivity contribution in [2.45, 2.75) is 45.2 Å². The van der Waals surface area contributed by atoms with Gasteiger partial charge in [0.1, 0.15) is 6.17 Å². The van der Waals surface area contributed by atoms with Crippen LogP contribution in [0.3, 0.4) is 0 Å². The molecule has 14 heavy (non-hydrogen) atoms. The van der Waals surface area contributed by atoms with Crippen molar-refractivity contribution in [3.05, 3.63) is 0 Å². The van der Waals surface area contributed by atoms with Crippen molar-refractivity contribution in [1.29, 1.82) is 0 Å². The normalized spacial score (nSPS) is 21.8. The third-order valence-corrected chi connectivity index (χ3v) is 2.42. The van der Waals surface area contributed by atoms with E-state index in [4.69, 9.17) is 0 Å². The number of nitrogens with one attached hydrogen (secondary N) is 1. The fourth-order valence-electron chi connectivity index (χ4n) is 1.68. The molecule has 4 nitrogen and oxygen atoms in total. The van der Waals surface area contributed by atoms with Crippen LogP contribution in [0.25, 0.3) is 0 Å². The SMILES string of the molecule is CCCC(=O)NC1CCCCN1[C]=O. The van der Waals surface area contributed by atoms with Crippen LogP contribution < -0.4 is 5.32 Å². The van der Waals surface area contributed by atoms with Gasteiger partial charge >= 0.3 is 6.41 Å². The topological polar surface area (TPSA) is 49.4 Å². The van der Waals surface area contributed by atoms with E-state index in [2.05, 4.69) is 5.32 Å². The first-order chi connectivity index (χ1) is 6.77. The highest BCUT2D eigenvalue weighted by molar-refractivity contribution is 5.76. The fourth-order valence-corrected chi connectivity index (χ4v) is 1.68. The zero-order valence-electron chi connectivity index (χ0n) is 8.58. The maximum atomic E-state index is 11.3. The lowest BCUT2D eigenvalue weighted by molar-refractivity contribution is -0.122. The summed E-state index contributed by atoms with van der Waals surface area (Å²) in [4.78, 5) is 23.4. The molecule has 1 fully saturated rings. The van der Waals surface area contributed by atoms with Crippen molar-refractivity contribution >= 4 is 12.3 Å². The maximum absolute atomic E-state index is 11.3. The molecule has 1 saturated heterocycles. The standard InChI is InChI=1S/C10H17N2O2/c1-2-5-10(14)11-9-6-3-4-7-12(9)8-13/h9H,2-7H2,1H3,(H,11,14). The molecule has 79 valence electrons. The van der Waals surface area contributed by atoms with Crippen LogP contribution in [-0.2, 0) is 9.59 Å². The molecule has 1 N–H and O–H groups in total. The second-order valence-electron chi connectivity index (χ2n) is 3.61. The molecule has 1 aliphatic heterocycles. The maximum Gasteiger partial charge on any atom is 0.313 e. The Bertz CT molecular complexity index is 206. The summed E-state index contributed by atoms with van der Waals surface area (Å²) in [5.41, 5.74) is 0. The van der Waals surface area contributed by atoms with Crippen LogP contribution in [0.1, 0.15) is 39.0 Å². The van der Waals surface area contributed by atoms with E-state index in [0.717, 1.165) is 25.7 Å². The predicted molar refractivity (Wildman–Crippen MR) is 53.1 cm³/mol. The largest absolute Gasteiger partial charge is 0.336 e. The first kappa shape index (κ1) is 11.0. The molecule has 1 unspecified atom stereocenters. The number of hydrogen-bond donors (Lipinski definition) is 1. The van der Waals surface area contributed by atoms with Crippen molar-refractivity contribution in [1.82, 2.24) is 10.2 Å². The molecule has 4 heteroatoms. The average molecular weight is 197 g/mol.